The van der Waals surface area contributed by atoms with Crippen LogP contribution in [0.15, 0.2) is 45.8 Å². The molecule has 2 aromatic heterocycles. The van der Waals surface area contributed by atoms with E-state index >= 15 is 0 Å². The Bertz CT molecular complexity index is 428. The molecule has 0 aliphatic carbocycles. The smallest absolute Gasteiger partial charge is 0.0935 e. The topological polar surface area (TPSA) is 52.0 Å². The van der Waals surface area contributed by atoms with Crippen molar-refractivity contribution in [3.05, 3.63) is 52.7 Å². The fourth-order valence-electron chi connectivity index (χ4n) is 1.43. The highest BCUT2D eigenvalue weighted by molar-refractivity contribution is 9.10. The molecule has 0 saturated carbocycles. The first-order valence-electron chi connectivity index (χ1n) is 4.64. The van der Waals surface area contributed by atoms with E-state index in [2.05, 4.69) is 20.9 Å². The number of pyridine rings is 1. The van der Waals surface area contributed by atoms with Crippen molar-refractivity contribution in [2.24, 2.45) is 5.73 Å². The molecule has 1 atom stereocenters. The predicted octanol–water partition coefficient (Wildman–Crippen LogP) is 2.68. The fraction of sp³-hybridized carbons (Fsp3) is 0.182. The maximum absolute atomic E-state index is 6.05. The molecule has 0 aliphatic heterocycles. The maximum atomic E-state index is 6.05. The van der Waals surface area contributed by atoms with Crippen LogP contribution < -0.4 is 5.73 Å². The van der Waals surface area contributed by atoms with E-state index < -0.39 is 0 Å². The second kappa shape index (κ2) is 4.59. The summed E-state index contributed by atoms with van der Waals surface area (Å²) in [5.74, 6) is 0. The lowest BCUT2D eigenvalue weighted by Crippen LogP contribution is -2.15. The van der Waals surface area contributed by atoms with Gasteiger partial charge in [-0.1, -0.05) is 0 Å². The zero-order valence-electron chi connectivity index (χ0n) is 8.06. The monoisotopic (exact) mass is 266 g/mol. The van der Waals surface area contributed by atoms with Crippen LogP contribution in [0.2, 0.25) is 0 Å². The van der Waals surface area contributed by atoms with Gasteiger partial charge in [0.25, 0.3) is 0 Å². The maximum Gasteiger partial charge on any atom is 0.0935 e. The summed E-state index contributed by atoms with van der Waals surface area (Å²) < 4.78 is 5.94. The molecule has 1 unspecified atom stereocenters. The quantitative estimate of drug-likeness (QED) is 0.930. The Kier molecular flexibility index (Phi) is 3.18. The molecule has 78 valence electrons. The molecule has 2 N–H and O–H groups in total. The van der Waals surface area contributed by atoms with E-state index in [1.54, 1.807) is 18.7 Å². The Hall–Kier alpha value is -1.13. The molecule has 2 heterocycles. The summed E-state index contributed by atoms with van der Waals surface area (Å²) in [5, 5.41) is 0. The zero-order chi connectivity index (χ0) is 10.7. The van der Waals surface area contributed by atoms with Gasteiger partial charge in [0.2, 0.25) is 0 Å². The van der Waals surface area contributed by atoms with Gasteiger partial charge in [-0.25, -0.2) is 0 Å². The molecule has 0 aromatic carbocycles. The van der Waals surface area contributed by atoms with Crippen molar-refractivity contribution in [2.75, 3.05) is 0 Å². The van der Waals surface area contributed by atoms with Crippen molar-refractivity contribution in [1.29, 1.82) is 0 Å². The third-order valence-corrected chi connectivity index (χ3v) is 2.84. The van der Waals surface area contributed by atoms with Gasteiger partial charge in [0.05, 0.1) is 24.3 Å². The second-order valence-electron chi connectivity index (χ2n) is 3.31. The average molecular weight is 267 g/mol. The zero-order valence-corrected chi connectivity index (χ0v) is 9.65. The molecule has 3 nitrogen and oxygen atoms in total. The van der Waals surface area contributed by atoms with Crippen LogP contribution in [0.4, 0.5) is 0 Å². The highest BCUT2D eigenvalue weighted by Crippen LogP contribution is 2.21. The van der Waals surface area contributed by atoms with E-state index in [-0.39, 0.29) is 6.04 Å². The van der Waals surface area contributed by atoms with Gasteiger partial charge in [-0.15, -0.1) is 0 Å². The van der Waals surface area contributed by atoms with Gasteiger partial charge in [-0.3, -0.25) is 4.98 Å². The van der Waals surface area contributed by atoms with Crippen LogP contribution in [0.5, 0.6) is 0 Å². The minimum atomic E-state index is -0.113. The van der Waals surface area contributed by atoms with Crippen LogP contribution >= 0.6 is 15.9 Å². The van der Waals surface area contributed by atoms with Crippen LogP contribution in [-0.2, 0) is 6.42 Å². The Morgan fingerprint density at radius 3 is 3.00 bits per heavy atom. The van der Waals surface area contributed by atoms with Gasteiger partial charge < -0.3 is 10.2 Å². The van der Waals surface area contributed by atoms with Crippen LogP contribution in [0, 0.1) is 0 Å². The summed E-state index contributed by atoms with van der Waals surface area (Å²) in [6.07, 6.45) is 5.83. The van der Waals surface area contributed by atoms with Crippen LogP contribution in [-0.4, -0.2) is 4.98 Å². The van der Waals surface area contributed by atoms with Crippen LogP contribution in [0.3, 0.4) is 0 Å². The van der Waals surface area contributed by atoms with Crippen molar-refractivity contribution in [1.82, 2.24) is 4.98 Å². The van der Waals surface area contributed by atoms with E-state index in [0.29, 0.717) is 0 Å². The summed E-state index contributed by atoms with van der Waals surface area (Å²) in [7, 11) is 0. The summed E-state index contributed by atoms with van der Waals surface area (Å²) in [6, 6.07) is 5.62. The Morgan fingerprint density at radius 2 is 2.33 bits per heavy atom. The largest absolute Gasteiger partial charge is 0.472 e. The van der Waals surface area contributed by atoms with Gasteiger partial charge in [-0.05, 0) is 46.1 Å². The highest BCUT2D eigenvalue weighted by Gasteiger charge is 2.12. The van der Waals surface area contributed by atoms with E-state index in [1.165, 1.54) is 0 Å². The number of aromatic nitrogens is 1. The fourth-order valence-corrected chi connectivity index (χ4v) is 1.98. The first kappa shape index (κ1) is 10.4. The molecule has 15 heavy (non-hydrogen) atoms. The number of hydrogen-bond donors (Lipinski definition) is 1. The number of furan rings is 1. The van der Waals surface area contributed by atoms with E-state index in [1.807, 2.05) is 18.2 Å². The van der Waals surface area contributed by atoms with E-state index in [0.717, 1.165) is 22.2 Å². The summed E-state index contributed by atoms with van der Waals surface area (Å²) in [4.78, 5) is 4.26. The van der Waals surface area contributed by atoms with Crippen LogP contribution in [0.25, 0.3) is 0 Å². The molecule has 2 rings (SSSR count). The number of nitrogens with two attached hydrogens (primary N) is 1. The predicted molar refractivity (Wildman–Crippen MR) is 61.3 cm³/mol. The second-order valence-corrected chi connectivity index (χ2v) is 4.17. The van der Waals surface area contributed by atoms with E-state index in [4.69, 9.17) is 10.2 Å². The first-order chi connectivity index (χ1) is 7.27. The summed E-state index contributed by atoms with van der Waals surface area (Å²) in [5.41, 5.74) is 8.01. The molecule has 0 fully saturated rings. The van der Waals surface area contributed by atoms with Gasteiger partial charge in [-0.2, -0.15) is 0 Å². The van der Waals surface area contributed by atoms with Gasteiger partial charge >= 0.3 is 0 Å². The lowest BCUT2D eigenvalue weighted by atomic mass is 10.1. The minimum Gasteiger partial charge on any atom is -0.472 e. The number of nitrogens with zero attached hydrogens (tertiary/aromatic N) is 1. The normalized spacial score (nSPS) is 12.7. The minimum absolute atomic E-state index is 0.113. The number of rotatable bonds is 3. The molecular weight excluding hydrogens is 256 g/mol. The average Bonchev–Trinajstić information content (AvgIpc) is 2.71. The number of hydrogen-bond acceptors (Lipinski definition) is 3. The molecule has 2 aromatic rings. The van der Waals surface area contributed by atoms with Crippen molar-refractivity contribution < 1.29 is 4.42 Å². The molecule has 4 heteroatoms. The van der Waals surface area contributed by atoms with Crippen molar-refractivity contribution in [2.45, 2.75) is 12.5 Å². The molecule has 0 amide bonds. The highest BCUT2D eigenvalue weighted by atomic mass is 79.9. The lowest BCUT2D eigenvalue weighted by Gasteiger charge is -2.10. The van der Waals surface area contributed by atoms with Gasteiger partial charge in [0.15, 0.2) is 0 Å². The van der Waals surface area contributed by atoms with Crippen molar-refractivity contribution in [3.8, 4) is 0 Å². The molecule has 0 radical (unpaired) electrons. The molecule has 0 spiro atoms. The summed E-state index contributed by atoms with van der Waals surface area (Å²) in [6.45, 7) is 0. The lowest BCUT2D eigenvalue weighted by molar-refractivity contribution is 0.560. The van der Waals surface area contributed by atoms with Gasteiger partial charge in [0.1, 0.15) is 0 Å². The third-order valence-electron chi connectivity index (χ3n) is 2.17. The summed E-state index contributed by atoms with van der Waals surface area (Å²) >= 11 is 3.44. The molecule has 0 aliphatic rings. The van der Waals surface area contributed by atoms with Crippen LogP contribution in [0.1, 0.15) is 17.3 Å². The standard InChI is InChI=1S/C11H11BrN2O/c12-9-2-1-4-14-11(9)10(13)6-8-3-5-15-7-8/h1-5,7,10H,6,13H2. The van der Waals surface area contributed by atoms with Gasteiger partial charge in [0, 0.05) is 10.7 Å². The molecule has 0 saturated heterocycles. The third kappa shape index (κ3) is 2.46. The van der Waals surface area contributed by atoms with Crippen molar-refractivity contribution >= 4 is 15.9 Å². The molecule has 0 bridgehead atoms. The molecular formula is C11H11BrN2O. The Morgan fingerprint density at radius 1 is 1.47 bits per heavy atom. The first-order valence-corrected chi connectivity index (χ1v) is 5.44. The Labute approximate surface area is 96.4 Å². The van der Waals surface area contributed by atoms with Crippen molar-refractivity contribution in [3.63, 3.8) is 0 Å². The Balaban J connectivity index is 2.15. The number of halogens is 1. The SMILES string of the molecule is NC(Cc1ccoc1)c1ncccc1Br. The van der Waals surface area contributed by atoms with E-state index in [9.17, 15) is 0 Å².